The monoisotopic (exact) mass is 197 g/mol. The van der Waals surface area contributed by atoms with Crippen molar-refractivity contribution in [2.75, 3.05) is 13.1 Å². The molecule has 2 aliphatic rings. The van der Waals surface area contributed by atoms with Gasteiger partial charge in [0, 0.05) is 13.1 Å². The molecule has 2 saturated heterocycles. The first-order chi connectivity index (χ1) is 6.66. The molecule has 0 unspecified atom stereocenters. The number of urea groups is 1. The van der Waals surface area contributed by atoms with Crippen LogP contribution in [-0.4, -0.2) is 41.9 Å². The predicted octanol–water partition coefficient (Wildman–Crippen LogP) is -1.18. The van der Waals surface area contributed by atoms with Crippen LogP contribution in [0.1, 0.15) is 12.8 Å². The summed E-state index contributed by atoms with van der Waals surface area (Å²) in [4.78, 5) is 34.5. The van der Waals surface area contributed by atoms with Crippen LogP contribution < -0.4 is 10.6 Å². The van der Waals surface area contributed by atoms with Crippen LogP contribution in [0.3, 0.4) is 0 Å². The lowest BCUT2D eigenvalue weighted by Gasteiger charge is -2.34. The first-order valence-electron chi connectivity index (χ1n) is 4.49. The van der Waals surface area contributed by atoms with Gasteiger partial charge in [0.25, 0.3) is 5.91 Å². The van der Waals surface area contributed by atoms with Crippen molar-refractivity contribution >= 4 is 18.3 Å². The highest BCUT2D eigenvalue weighted by molar-refractivity contribution is 6.07. The average Bonchev–Trinajstić information content (AvgIpc) is 2.43. The molecule has 0 aromatic heterocycles. The molecule has 0 bridgehead atoms. The van der Waals surface area contributed by atoms with Gasteiger partial charge in [0.1, 0.15) is 5.54 Å². The Bertz CT molecular complexity index is 294. The molecule has 0 aliphatic carbocycles. The Kier molecular flexibility index (Phi) is 1.90. The number of nitrogens with one attached hydrogen (secondary N) is 2. The maximum atomic E-state index is 11.5. The van der Waals surface area contributed by atoms with E-state index in [1.165, 1.54) is 0 Å². The largest absolute Gasteiger partial charge is 0.345 e. The summed E-state index contributed by atoms with van der Waals surface area (Å²) in [5.74, 6) is -0.270. The van der Waals surface area contributed by atoms with Gasteiger partial charge in [0.2, 0.25) is 6.41 Å². The predicted molar refractivity (Wildman–Crippen MR) is 46.3 cm³/mol. The van der Waals surface area contributed by atoms with Crippen LogP contribution in [0.15, 0.2) is 0 Å². The molecule has 76 valence electrons. The molecule has 6 heteroatoms. The van der Waals surface area contributed by atoms with E-state index in [-0.39, 0.29) is 5.91 Å². The van der Waals surface area contributed by atoms with Crippen molar-refractivity contribution in [3.63, 3.8) is 0 Å². The summed E-state index contributed by atoms with van der Waals surface area (Å²) in [6.07, 6.45) is 1.74. The van der Waals surface area contributed by atoms with E-state index in [0.29, 0.717) is 25.9 Å². The summed E-state index contributed by atoms with van der Waals surface area (Å²) in [7, 11) is 0. The number of rotatable bonds is 1. The lowest BCUT2D eigenvalue weighted by molar-refractivity contribution is -0.128. The Balaban J connectivity index is 2.09. The summed E-state index contributed by atoms with van der Waals surface area (Å²) in [5.41, 5.74) is -0.767. The second-order valence-electron chi connectivity index (χ2n) is 3.63. The molecule has 4 amide bonds. The number of carbonyl (C=O) groups excluding carboxylic acids is 3. The normalized spacial score (nSPS) is 24.7. The van der Waals surface area contributed by atoms with E-state index >= 15 is 0 Å². The lowest BCUT2D eigenvalue weighted by atomic mass is 9.88. The highest BCUT2D eigenvalue weighted by atomic mass is 16.2. The molecule has 2 heterocycles. The first-order valence-corrected chi connectivity index (χ1v) is 4.49. The third-order valence-electron chi connectivity index (χ3n) is 2.82. The van der Waals surface area contributed by atoms with Gasteiger partial charge in [0.05, 0.1) is 0 Å². The van der Waals surface area contributed by atoms with Gasteiger partial charge in [0.15, 0.2) is 0 Å². The minimum atomic E-state index is -0.767. The number of hydrogen-bond acceptors (Lipinski definition) is 3. The van der Waals surface area contributed by atoms with E-state index in [1.807, 2.05) is 0 Å². The van der Waals surface area contributed by atoms with Crippen LogP contribution in [0, 0.1) is 0 Å². The summed E-state index contributed by atoms with van der Waals surface area (Å²) in [5, 5.41) is 4.84. The van der Waals surface area contributed by atoms with Gasteiger partial charge in [-0.05, 0) is 12.8 Å². The van der Waals surface area contributed by atoms with Gasteiger partial charge in [-0.15, -0.1) is 0 Å². The second kappa shape index (κ2) is 2.97. The molecule has 0 aromatic carbocycles. The van der Waals surface area contributed by atoms with Crippen LogP contribution in [0.2, 0.25) is 0 Å². The molecule has 2 aliphatic heterocycles. The molecular weight excluding hydrogens is 186 g/mol. The highest BCUT2D eigenvalue weighted by Crippen LogP contribution is 2.24. The molecule has 0 radical (unpaired) electrons. The van der Waals surface area contributed by atoms with E-state index in [0.717, 1.165) is 6.41 Å². The van der Waals surface area contributed by atoms with Gasteiger partial charge >= 0.3 is 6.03 Å². The van der Waals surface area contributed by atoms with Crippen LogP contribution in [0.5, 0.6) is 0 Å². The van der Waals surface area contributed by atoms with Gasteiger partial charge in [-0.3, -0.25) is 14.9 Å². The van der Waals surface area contributed by atoms with E-state index in [2.05, 4.69) is 10.6 Å². The Morgan fingerprint density at radius 1 is 1.29 bits per heavy atom. The Hall–Kier alpha value is -1.59. The zero-order valence-corrected chi connectivity index (χ0v) is 7.58. The molecular formula is C8H11N3O3. The van der Waals surface area contributed by atoms with Crippen molar-refractivity contribution in [3.05, 3.63) is 0 Å². The fourth-order valence-electron chi connectivity index (χ4n) is 1.89. The zero-order valence-electron chi connectivity index (χ0n) is 7.58. The van der Waals surface area contributed by atoms with Gasteiger partial charge in [-0.1, -0.05) is 0 Å². The summed E-state index contributed by atoms with van der Waals surface area (Å²) in [6.45, 7) is 1.02. The molecule has 1 spiro atoms. The fourth-order valence-corrected chi connectivity index (χ4v) is 1.89. The van der Waals surface area contributed by atoms with Crippen LogP contribution in [-0.2, 0) is 9.59 Å². The lowest BCUT2D eigenvalue weighted by Crippen LogP contribution is -2.54. The number of amides is 4. The number of piperidine rings is 1. The number of imide groups is 1. The zero-order chi connectivity index (χ0) is 10.2. The number of hydrogen-bond donors (Lipinski definition) is 2. The van der Waals surface area contributed by atoms with Crippen molar-refractivity contribution in [1.29, 1.82) is 0 Å². The third kappa shape index (κ3) is 1.23. The SMILES string of the molecule is O=CN1CCC2(CC1)NC(=O)NC2=O. The number of likely N-dealkylation sites (tertiary alicyclic amines) is 1. The maximum Gasteiger partial charge on any atom is 0.322 e. The first kappa shape index (κ1) is 8.98. The van der Waals surface area contributed by atoms with Crippen molar-refractivity contribution in [2.24, 2.45) is 0 Å². The minimum Gasteiger partial charge on any atom is -0.345 e. The van der Waals surface area contributed by atoms with E-state index < -0.39 is 11.6 Å². The van der Waals surface area contributed by atoms with E-state index in [1.54, 1.807) is 4.90 Å². The van der Waals surface area contributed by atoms with E-state index in [9.17, 15) is 14.4 Å². The smallest absolute Gasteiger partial charge is 0.322 e. The maximum absolute atomic E-state index is 11.5. The van der Waals surface area contributed by atoms with Crippen molar-refractivity contribution in [1.82, 2.24) is 15.5 Å². The summed E-state index contributed by atoms with van der Waals surface area (Å²) >= 11 is 0. The Morgan fingerprint density at radius 2 is 1.93 bits per heavy atom. The molecule has 6 nitrogen and oxygen atoms in total. The topological polar surface area (TPSA) is 78.5 Å². The second-order valence-corrected chi connectivity index (χ2v) is 3.63. The van der Waals surface area contributed by atoms with Crippen molar-refractivity contribution in [3.8, 4) is 0 Å². The molecule has 0 saturated carbocycles. The molecule has 2 rings (SSSR count). The Morgan fingerprint density at radius 3 is 2.36 bits per heavy atom. The van der Waals surface area contributed by atoms with Gasteiger partial charge < -0.3 is 10.2 Å². The highest BCUT2D eigenvalue weighted by Gasteiger charge is 2.47. The minimum absolute atomic E-state index is 0.270. The summed E-state index contributed by atoms with van der Waals surface area (Å²) in [6, 6.07) is -0.436. The van der Waals surface area contributed by atoms with Crippen molar-refractivity contribution < 1.29 is 14.4 Å². The molecule has 2 fully saturated rings. The van der Waals surface area contributed by atoms with Crippen LogP contribution in [0.25, 0.3) is 0 Å². The Labute approximate surface area is 80.6 Å². The summed E-state index contributed by atoms with van der Waals surface area (Å²) < 4.78 is 0. The van der Waals surface area contributed by atoms with Crippen LogP contribution in [0.4, 0.5) is 4.79 Å². The molecule has 2 N–H and O–H groups in total. The van der Waals surface area contributed by atoms with Crippen molar-refractivity contribution in [2.45, 2.75) is 18.4 Å². The van der Waals surface area contributed by atoms with Gasteiger partial charge in [-0.2, -0.15) is 0 Å². The molecule has 14 heavy (non-hydrogen) atoms. The average molecular weight is 197 g/mol. The fraction of sp³-hybridized carbons (Fsp3) is 0.625. The number of carbonyl (C=O) groups is 3. The van der Waals surface area contributed by atoms with Crippen LogP contribution >= 0.6 is 0 Å². The number of nitrogens with zero attached hydrogens (tertiary/aromatic N) is 1. The standard InChI is InChI=1S/C8H11N3O3/c12-5-11-3-1-8(2-4-11)6(13)9-7(14)10-8/h5H,1-4H2,(H2,9,10,13,14). The van der Waals surface area contributed by atoms with E-state index in [4.69, 9.17) is 0 Å². The molecule has 0 atom stereocenters. The van der Waals surface area contributed by atoms with Gasteiger partial charge in [-0.25, -0.2) is 4.79 Å². The third-order valence-corrected chi connectivity index (χ3v) is 2.82. The molecule has 0 aromatic rings. The quantitative estimate of drug-likeness (QED) is 0.410.